The van der Waals surface area contributed by atoms with E-state index in [1.807, 2.05) is 23.1 Å². The highest BCUT2D eigenvalue weighted by atomic mass is 16.2. The molecular weight excluding hydrogens is 248 g/mol. The van der Waals surface area contributed by atoms with Gasteiger partial charge in [-0.15, -0.1) is 0 Å². The van der Waals surface area contributed by atoms with Gasteiger partial charge in [0.15, 0.2) is 0 Å². The molecule has 0 aromatic heterocycles. The molecule has 20 heavy (non-hydrogen) atoms. The summed E-state index contributed by atoms with van der Waals surface area (Å²) in [6.07, 6.45) is 1.14. The number of carbonyl (C=O) groups excluding carboxylic acids is 1. The van der Waals surface area contributed by atoms with Crippen LogP contribution in [0, 0.1) is 18.8 Å². The van der Waals surface area contributed by atoms with Gasteiger partial charge in [0.2, 0.25) is 0 Å². The molecule has 1 unspecified atom stereocenters. The van der Waals surface area contributed by atoms with E-state index in [0.717, 1.165) is 42.9 Å². The lowest BCUT2D eigenvalue weighted by Gasteiger charge is -2.19. The number of hydrogen-bond acceptors (Lipinski definition) is 2. The summed E-state index contributed by atoms with van der Waals surface area (Å²) in [5.41, 5.74) is 3.07. The molecule has 1 saturated heterocycles. The number of rotatable bonds is 4. The number of amides is 1. The first kappa shape index (κ1) is 14.9. The van der Waals surface area contributed by atoms with Crippen molar-refractivity contribution in [3.63, 3.8) is 0 Å². The molecule has 1 aromatic carbocycles. The van der Waals surface area contributed by atoms with Gasteiger partial charge in [0, 0.05) is 30.9 Å². The summed E-state index contributed by atoms with van der Waals surface area (Å²) in [5.74, 6) is 1.49. The van der Waals surface area contributed by atoms with Crippen LogP contribution < -0.4 is 5.32 Å². The molecule has 1 fully saturated rings. The van der Waals surface area contributed by atoms with Crippen LogP contribution >= 0.6 is 0 Å². The molecule has 3 nitrogen and oxygen atoms in total. The maximum atomic E-state index is 12.5. The number of likely N-dealkylation sites (tertiary alicyclic amines) is 1. The maximum absolute atomic E-state index is 12.5. The van der Waals surface area contributed by atoms with Crippen molar-refractivity contribution in [1.82, 2.24) is 4.90 Å². The fraction of sp³-hybridized carbons (Fsp3) is 0.588. The quantitative estimate of drug-likeness (QED) is 0.910. The Labute approximate surface area is 122 Å². The lowest BCUT2D eigenvalue weighted by molar-refractivity contribution is 0.0784. The fourth-order valence-electron chi connectivity index (χ4n) is 2.88. The molecule has 2 rings (SSSR count). The first-order valence-corrected chi connectivity index (χ1v) is 7.66. The van der Waals surface area contributed by atoms with Crippen LogP contribution in [-0.4, -0.2) is 30.4 Å². The van der Waals surface area contributed by atoms with Crippen molar-refractivity contribution in [3.8, 4) is 0 Å². The Morgan fingerprint density at radius 1 is 1.45 bits per heavy atom. The molecule has 1 aliphatic heterocycles. The minimum Gasteiger partial charge on any atom is -0.385 e. The standard InChI is InChI=1S/C17H26N2O/c1-5-18-16-7-6-14(10-13(16)4)17(20)19-9-8-15(11-19)12(2)3/h6-7,10,12,15,18H,5,8-9,11H2,1-4H3. The van der Waals surface area contributed by atoms with E-state index >= 15 is 0 Å². The lowest BCUT2D eigenvalue weighted by atomic mass is 9.95. The summed E-state index contributed by atoms with van der Waals surface area (Å²) in [6, 6.07) is 5.96. The second-order valence-electron chi connectivity index (χ2n) is 6.10. The van der Waals surface area contributed by atoms with Crippen LogP contribution in [0.2, 0.25) is 0 Å². The van der Waals surface area contributed by atoms with Crippen molar-refractivity contribution in [3.05, 3.63) is 29.3 Å². The predicted molar refractivity (Wildman–Crippen MR) is 84.2 cm³/mol. The predicted octanol–water partition coefficient (Wildman–Crippen LogP) is 3.54. The third-order valence-corrected chi connectivity index (χ3v) is 4.30. The van der Waals surface area contributed by atoms with Crippen LogP contribution in [0.3, 0.4) is 0 Å². The van der Waals surface area contributed by atoms with Crippen LogP contribution in [0.15, 0.2) is 18.2 Å². The molecule has 0 spiro atoms. The minimum absolute atomic E-state index is 0.180. The largest absolute Gasteiger partial charge is 0.385 e. The van der Waals surface area contributed by atoms with Gasteiger partial charge in [-0.2, -0.15) is 0 Å². The molecule has 1 aliphatic rings. The summed E-state index contributed by atoms with van der Waals surface area (Å²) in [4.78, 5) is 14.5. The first-order chi connectivity index (χ1) is 9.52. The van der Waals surface area contributed by atoms with Crippen LogP contribution in [0.25, 0.3) is 0 Å². The Kier molecular flexibility index (Phi) is 4.69. The molecule has 1 amide bonds. The number of anilines is 1. The van der Waals surface area contributed by atoms with Gasteiger partial charge in [-0.05, 0) is 55.9 Å². The second kappa shape index (κ2) is 6.29. The van der Waals surface area contributed by atoms with Crippen LogP contribution in [0.1, 0.15) is 43.1 Å². The van der Waals surface area contributed by atoms with Gasteiger partial charge in [0.25, 0.3) is 5.91 Å². The van der Waals surface area contributed by atoms with E-state index in [4.69, 9.17) is 0 Å². The van der Waals surface area contributed by atoms with Gasteiger partial charge in [-0.3, -0.25) is 4.79 Å². The van der Waals surface area contributed by atoms with Gasteiger partial charge in [0.1, 0.15) is 0 Å². The van der Waals surface area contributed by atoms with Crippen molar-refractivity contribution in [1.29, 1.82) is 0 Å². The lowest BCUT2D eigenvalue weighted by Crippen LogP contribution is -2.29. The average Bonchev–Trinajstić information content (AvgIpc) is 2.90. The summed E-state index contributed by atoms with van der Waals surface area (Å²) < 4.78 is 0. The van der Waals surface area contributed by atoms with Crippen molar-refractivity contribution in [2.75, 3.05) is 25.0 Å². The zero-order valence-corrected chi connectivity index (χ0v) is 13.1. The molecule has 3 heteroatoms. The third-order valence-electron chi connectivity index (χ3n) is 4.30. The van der Waals surface area contributed by atoms with E-state index in [-0.39, 0.29) is 5.91 Å². The monoisotopic (exact) mass is 274 g/mol. The molecule has 0 saturated carbocycles. The van der Waals surface area contributed by atoms with E-state index in [9.17, 15) is 4.79 Å². The molecule has 0 aliphatic carbocycles. The summed E-state index contributed by atoms with van der Waals surface area (Å²) in [7, 11) is 0. The van der Waals surface area contributed by atoms with Gasteiger partial charge in [0.05, 0.1) is 0 Å². The Morgan fingerprint density at radius 3 is 2.75 bits per heavy atom. The van der Waals surface area contributed by atoms with E-state index in [0.29, 0.717) is 11.8 Å². The normalized spacial score (nSPS) is 18.6. The van der Waals surface area contributed by atoms with Gasteiger partial charge in [-0.1, -0.05) is 13.8 Å². The molecule has 1 N–H and O–H groups in total. The van der Waals surface area contributed by atoms with E-state index in [2.05, 4.69) is 33.0 Å². The Hall–Kier alpha value is -1.51. The number of carbonyl (C=O) groups is 1. The number of nitrogens with zero attached hydrogens (tertiary/aromatic N) is 1. The fourth-order valence-corrected chi connectivity index (χ4v) is 2.88. The Bertz CT molecular complexity index is 482. The number of nitrogens with one attached hydrogen (secondary N) is 1. The Morgan fingerprint density at radius 2 is 2.20 bits per heavy atom. The van der Waals surface area contributed by atoms with Gasteiger partial charge in [-0.25, -0.2) is 0 Å². The summed E-state index contributed by atoms with van der Waals surface area (Å²) >= 11 is 0. The van der Waals surface area contributed by atoms with Crippen molar-refractivity contribution < 1.29 is 4.79 Å². The smallest absolute Gasteiger partial charge is 0.253 e. The second-order valence-corrected chi connectivity index (χ2v) is 6.10. The zero-order valence-electron chi connectivity index (χ0n) is 13.1. The number of aryl methyl sites for hydroxylation is 1. The maximum Gasteiger partial charge on any atom is 0.253 e. The first-order valence-electron chi connectivity index (χ1n) is 7.66. The number of hydrogen-bond donors (Lipinski definition) is 1. The molecule has 1 aromatic rings. The third kappa shape index (κ3) is 3.14. The van der Waals surface area contributed by atoms with Crippen molar-refractivity contribution in [2.45, 2.75) is 34.1 Å². The molecule has 1 heterocycles. The van der Waals surface area contributed by atoms with E-state index in [1.165, 1.54) is 0 Å². The zero-order chi connectivity index (χ0) is 14.7. The highest BCUT2D eigenvalue weighted by Crippen LogP contribution is 2.25. The van der Waals surface area contributed by atoms with Crippen LogP contribution in [-0.2, 0) is 0 Å². The molecule has 0 radical (unpaired) electrons. The molecule has 0 bridgehead atoms. The minimum atomic E-state index is 0.180. The highest BCUT2D eigenvalue weighted by molar-refractivity contribution is 5.95. The van der Waals surface area contributed by atoms with E-state index in [1.54, 1.807) is 0 Å². The van der Waals surface area contributed by atoms with Crippen molar-refractivity contribution in [2.24, 2.45) is 11.8 Å². The summed E-state index contributed by atoms with van der Waals surface area (Å²) in [6.45, 7) is 11.3. The molecule has 110 valence electrons. The van der Waals surface area contributed by atoms with Crippen LogP contribution in [0.4, 0.5) is 5.69 Å². The highest BCUT2D eigenvalue weighted by Gasteiger charge is 2.28. The summed E-state index contributed by atoms with van der Waals surface area (Å²) in [5, 5.41) is 3.31. The van der Waals surface area contributed by atoms with Crippen LogP contribution in [0.5, 0.6) is 0 Å². The topological polar surface area (TPSA) is 32.3 Å². The SMILES string of the molecule is CCNc1ccc(C(=O)N2CCC(C(C)C)C2)cc1C. The van der Waals surface area contributed by atoms with Gasteiger partial charge >= 0.3 is 0 Å². The molecular formula is C17H26N2O. The van der Waals surface area contributed by atoms with E-state index < -0.39 is 0 Å². The number of benzene rings is 1. The van der Waals surface area contributed by atoms with Crippen molar-refractivity contribution >= 4 is 11.6 Å². The Balaban J connectivity index is 2.08. The molecule has 1 atom stereocenters. The average molecular weight is 274 g/mol. The van der Waals surface area contributed by atoms with Gasteiger partial charge < -0.3 is 10.2 Å².